The highest BCUT2D eigenvalue weighted by Gasteiger charge is 2.30. The van der Waals surface area contributed by atoms with E-state index in [1.165, 1.54) is 17.4 Å². The van der Waals surface area contributed by atoms with E-state index in [4.69, 9.17) is 10.5 Å². The molecule has 0 unspecified atom stereocenters. The second-order valence-corrected chi connectivity index (χ2v) is 4.48. The van der Waals surface area contributed by atoms with E-state index >= 15 is 0 Å². The molecule has 1 heterocycles. The molecule has 0 spiro atoms. The number of benzene rings is 1. The Morgan fingerprint density at radius 2 is 2.11 bits per heavy atom. The zero-order valence-electron chi connectivity index (χ0n) is 9.07. The van der Waals surface area contributed by atoms with Gasteiger partial charge in [0.25, 0.3) is 0 Å². The maximum Gasteiger partial charge on any atom is 0.416 e. The van der Waals surface area contributed by atoms with Crippen molar-refractivity contribution in [1.82, 2.24) is 4.98 Å². The fourth-order valence-corrected chi connectivity index (χ4v) is 1.82. The van der Waals surface area contributed by atoms with Gasteiger partial charge in [-0.2, -0.15) is 13.2 Å². The van der Waals surface area contributed by atoms with Crippen LogP contribution in [0.1, 0.15) is 10.4 Å². The third-order valence-electron chi connectivity index (χ3n) is 2.19. The summed E-state index contributed by atoms with van der Waals surface area (Å²) >= 11 is 1.40. The van der Waals surface area contributed by atoms with Crippen LogP contribution in [-0.4, -0.2) is 4.98 Å². The lowest BCUT2D eigenvalue weighted by Crippen LogP contribution is -2.06. The Morgan fingerprint density at radius 3 is 2.67 bits per heavy atom. The Hall–Kier alpha value is -1.76. The summed E-state index contributed by atoms with van der Waals surface area (Å²) in [6.45, 7) is 0.236. The van der Waals surface area contributed by atoms with E-state index in [0.717, 1.165) is 17.0 Å². The van der Waals surface area contributed by atoms with Crippen LogP contribution in [0.25, 0.3) is 0 Å². The number of aromatic nitrogens is 1. The lowest BCUT2D eigenvalue weighted by atomic mass is 10.2. The zero-order valence-corrected chi connectivity index (χ0v) is 9.89. The summed E-state index contributed by atoms with van der Waals surface area (Å²) in [7, 11) is 0. The maximum atomic E-state index is 12.4. The van der Waals surface area contributed by atoms with Crippen molar-refractivity contribution in [2.45, 2.75) is 12.8 Å². The molecule has 0 atom stereocenters. The molecule has 2 rings (SSSR count). The molecule has 3 nitrogen and oxygen atoms in total. The van der Waals surface area contributed by atoms with Crippen molar-refractivity contribution in [3.63, 3.8) is 0 Å². The normalized spacial score (nSPS) is 11.5. The molecule has 0 aliphatic heterocycles. The van der Waals surface area contributed by atoms with Crippen LogP contribution in [-0.2, 0) is 12.8 Å². The van der Waals surface area contributed by atoms with Gasteiger partial charge in [0.1, 0.15) is 12.4 Å². The van der Waals surface area contributed by atoms with E-state index in [0.29, 0.717) is 0 Å². The fraction of sp³-hybridized carbons (Fsp3) is 0.182. The fourth-order valence-electron chi connectivity index (χ4n) is 1.32. The van der Waals surface area contributed by atoms with Crippen molar-refractivity contribution in [1.29, 1.82) is 0 Å². The summed E-state index contributed by atoms with van der Waals surface area (Å²) < 4.78 is 42.5. The average Bonchev–Trinajstić information content (AvgIpc) is 2.79. The number of halogens is 3. The van der Waals surface area contributed by atoms with E-state index in [-0.39, 0.29) is 18.0 Å². The third-order valence-corrected chi connectivity index (χ3v) is 2.94. The molecule has 0 aliphatic rings. The monoisotopic (exact) mass is 274 g/mol. The van der Waals surface area contributed by atoms with Gasteiger partial charge in [-0.1, -0.05) is 0 Å². The van der Waals surface area contributed by atoms with Gasteiger partial charge in [0.15, 0.2) is 0 Å². The molecular weight excluding hydrogens is 265 g/mol. The Balaban J connectivity index is 2.10. The molecule has 0 fully saturated rings. The first-order valence-corrected chi connectivity index (χ1v) is 5.81. The van der Waals surface area contributed by atoms with E-state index in [1.807, 2.05) is 0 Å². The Morgan fingerprint density at radius 1 is 1.33 bits per heavy atom. The first-order chi connectivity index (χ1) is 8.47. The summed E-state index contributed by atoms with van der Waals surface area (Å²) in [5.41, 5.74) is 6.35. The van der Waals surface area contributed by atoms with Crippen molar-refractivity contribution in [2.75, 3.05) is 5.73 Å². The van der Waals surface area contributed by atoms with E-state index in [2.05, 4.69) is 4.98 Å². The van der Waals surface area contributed by atoms with Gasteiger partial charge in [0.05, 0.1) is 21.6 Å². The number of nitrogens with two attached hydrogens (primary N) is 1. The summed E-state index contributed by atoms with van der Waals surface area (Å²) in [4.78, 5) is 4.73. The number of hydrogen-bond donors (Lipinski definition) is 1. The quantitative estimate of drug-likeness (QED) is 0.873. The zero-order chi connectivity index (χ0) is 13.2. The summed E-state index contributed by atoms with van der Waals surface area (Å²) in [6.07, 6.45) is -2.77. The van der Waals surface area contributed by atoms with Crippen LogP contribution >= 0.6 is 11.3 Å². The van der Waals surface area contributed by atoms with Crippen molar-refractivity contribution in [2.24, 2.45) is 0 Å². The summed E-state index contributed by atoms with van der Waals surface area (Å²) in [5, 5.41) is 0. The van der Waals surface area contributed by atoms with Crippen LogP contribution in [0.3, 0.4) is 0 Å². The molecule has 1 aromatic carbocycles. The minimum absolute atomic E-state index is 0.0330. The SMILES string of the molecule is Nc1cc(C(F)(F)F)ccc1OCc1cncs1. The van der Waals surface area contributed by atoms with Gasteiger partial charge in [-0.25, -0.2) is 0 Å². The van der Waals surface area contributed by atoms with Crippen LogP contribution < -0.4 is 10.5 Å². The number of hydrogen-bond acceptors (Lipinski definition) is 4. The topological polar surface area (TPSA) is 48.1 Å². The molecule has 1 aromatic heterocycles. The Labute approximate surface area is 105 Å². The average molecular weight is 274 g/mol. The van der Waals surface area contributed by atoms with E-state index < -0.39 is 11.7 Å². The minimum Gasteiger partial charge on any atom is -0.486 e. The summed E-state index contributed by atoms with van der Waals surface area (Å²) in [6, 6.07) is 3.03. The standard InChI is InChI=1S/C11H9F3N2OS/c12-11(13,14)7-1-2-10(9(15)3-7)17-5-8-4-16-6-18-8/h1-4,6H,5,15H2. The highest BCUT2D eigenvalue weighted by molar-refractivity contribution is 7.09. The number of ether oxygens (including phenoxy) is 1. The molecule has 0 amide bonds. The predicted molar refractivity (Wildman–Crippen MR) is 62.3 cm³/mol. The number of nitrogen functional groups attached to an aromatic ring is 1. The van der Waals surface area contributed by atoms with Crippen molar-refractivity contribution < 1.29 is 17.9 Å². The second-order valence-electron chi connectivity index (χ2n) is 3.51. The van der Waals surface area contributed by atoms with Gasteiger partial charge in [-0.15, -0.1) is 11.3 Å². The number of thiazole rings is 1. The number of alkyl halides is 3. The van der Waals surface area contributed by atoms with Gasteiger partial charge in [-0.05, 0) is 18.2 Å². The van der Waals surface area contributed by atoms with E-state index in [9.17, 15) is 13.2 Å². The van der Waals surface area contributed by atoms with Crippen LogP contribution in [0.2, 0.25) is 0 Å². The van der Waals surface area contributed by atoms with E-state index in [1.54, 1.807) is 11.7 Å². The molecular formula is C11H9F3N2OS. The number of nitrogens with zero attached hydrogens (tertiary/aromatic N) is 1. The lowest BCUT2D eigenvalue weighted by molar-refractivity contribution is -0.137. The highest BCUT2D eigenvalue weighted by atomic mass is 32.1. The molecule has 0 radical (unpaired) electrons. The molecule has 0 aliphatic carbocycles. The van der Waals surface area contributed by atoms with Gasteiger partial charge >= 0.3 is 6.18 Å². The second kappa shape index (κ2) is 4.85. The number of rotatable bonds is 3. The van der Waals surface area contributed by atoms with Crippen molar-refractivity contribution in [3.8, 4) is 5.75 Å². The molecule has 2 aromatic rings. The van der Waals surface area contributed by atoms with Crippen LogP contribution in [0.4, 0.5) is 18.9 Å². The van der Waals surface area contributed by atoms with Gasteiger partial charge in [0.2, 0.25) is 0 Å². The Bertz CT molecular complexity index is 526. The molecule has 0 bridgehead atoms. The van der Waals surface area contributed by atoms with Crippen LogP contribution in [0, 0.1) is 0 Å². The predicted octanol–water partition coefficient (Wildman–Crippen LogP) is 3.32. The maximum absolute atomic E-state index is 12.4. The largest absolute Gasteiger partial charge is 0.486 e. The molecule has 0 saturated heterocycles. The van der Waals surface area contributed by atoms with Gasteiger partial charge < -0.3 is 10.5 Å². The van der Waals surface area contributed by atoms with Crippen molar-refractivity contribution in [3.05, 3.63) is 40.3 Å². The van der Waals surface area contributed by atoms with Crippen LogP contribution in [0.15, 0.2) is 29.9 Å². The first kappa shape index (κ1) is 12.7. The third kappa shape index (κ3) is 2.92. The highest BCUT2D eigenvalue weighted by Crippen LogP contribution is 2.33. The smallest absolute Gasteiger partial charge is 0.416 e. The molecule has 96 valence electrons. The van der Waals surface area contributed by atoms with Crippen LogP contribution in [0.5, 0.6) is 5.75 Å². The minimum atomic E-state index is -4.40. The molecule has 2 N–H and O–H groups in total. The number of anilines is 1. The van der Waals surface area contributed by atoms with Crippen molar-refractivity contribution >= 4 is 17.0 Å². The first-order valence-electron chi connectivity index (χ1n) is 4.93. The Kier molecular flexibility index (Phi) is 3.42. The molecule has 18 heavy (non-hydrogen) atoms. The molecule has 0 saturated carbocycles. The molecule has 7 heteroatoms. The van der Waals surface area contributed by atoms with Gasteiger partial charge in [-0.3, -0.25) is 4.98 Å². The summed E-state index contributed by atoms with van der Waals surface area (Å²) in [5.74, 6) is 0.233. The lowest BCUT2D eigenvalue weighted by Gasteiger charge is -2.11. The van der Waals surface area contributed by atoms with Gasteiger partial charge in [0, 0.05) is 6.20 Å².